The van der Waals surface area contributed by atoms with E-state index in [1.807, 2.05) is 0 Å². The van der Waals surface area contributed by atoms with Gasteiger partial charge in [0.15, 0.2) is 5.88 Å². The molecule has 0 aliphatic carbocycles. The van der Waals surface area contributed by atoms with Gasteiger partial charge in [-0.15, -0.1) is 0 Å². The zero-order valence-electron chi connectivity index (χ0n) is 11.0. The van der Waals surface area contributed by atoms with Crippen molar-refractivity contribution in [1.82, 2.24) is 4.98 Å². The number of fused-ring (bicyclic) bond motifs is 2. The van der Waals surface area contributed by atoms with Gasteiger partial charge in [0.25, 0.3) is 5.91 Å². The van der Waals surface area contributed by atoms with Gasteiger partial charge in [-0.1, -0.05) is 0 Å². The Kier molecular flexibility index (Phi) is 2.45. The highest BCUT2D eigenvalue weighted by molar-refractivity contribution is 6.24. The summed E-state index contributed by atoms with van der Waals surface area (Å²) in [7, 11) is 0. The maximum absolute atomic E-state index is 13.3. The number of amides is 1. The van der Waals surface area contributed by atoms with Crippen molar-refractivity contribution in [2.24, 2.45) is 4.99 Å². The fourth-order valence-electron chi connectivity index (χ4n) is 2.74. The molecule has 4 nitrogen and oxygen atoms in total. The van der Waals surface area contributed by atoms with Crippen LogP contribution in [0, 0.1) is 11.6 Å². The fraction of sp³-hybridized carbons (Fsp3) is 0. The third kappa shape index (κ3) is 1.67. The van der Waals surface area contributed by atoms with E-state index in [9.17, 15) is 18.7 Å². The van der Waals surface area contributed by atoms with Gasteiger partial charge in [0.2, 0.25) is 0 Å². The standard InChI is InChI=1S/C16H8F2N2O2/c17-7-1-3-9-11(5-7)19-15(21)13(9)14-10-4-2-8(18)6-12(10)20-16(14)22/h1-6,19,21H. The van der Waals surface area contributed by atoms with Crippen LogP contribution in [0.5, 0.6) is 5.88 Å². The number of nitrogens with zero attached hydrogens (tertiary/aromatic N) is 1. The summed E-state index contributed by atoms with van der Waals surface area (Å²) in [5, 5.41) is 11.3. The van der Waals surface area contributed by atoms with Crippen LogP contribution in [0.3, 0.4) is 0 Å². The van der Waals surface area contributed by atoms with Crippen molar-refractivity contribution in [2.45, 2.75) is 0 Å². The van der Waals surface area contributed by atoms with Crippen LogP contribution >= 0.6 is 0 Å². The van der Waals surface area contributed by atoms with Crippen molar-refractivity contribution < 1.29 is 18.7 Å². The van der Waals surface area contributed by atoms with E-state index in [4.69, 9.17) is 0 Å². The molecule has 1 aliphatic heterocycles. The first-order valence-electron chi connectivity index (χ1n) is 6.48. The van der Waals surface area contributed by atoms with Gasteiger partial charge in [0.1, 0.15) is 11.6 Å². The maximum atomic E-state index is 13.3. The lowest BCUT2D eigenvalue weighted by Crippen LogP contribution is -2.23. The first kappa shape index (κ1) is 12.7. The molecule has 3 aromatic rings. The second kappa shape index (κ2) is 4.24. The number of halogens is 2. The molecule has 0 radical (unpaired) electrons. The number of aromatic nitrogens is 1. The molecule has 2 aromatic carbocycles. The molecule has 0 saturated carbocycles. The zero-order chi connectivity index (χ0) is 15.4. The van der Waals surface area contributed by atoms with Gasteiger partial charge in [0, 0.05) is 16.7 Å². The molecule has 1 aliphatic rings. The summed E-state index contributed by atoms with van der Waals surface area (Å²) in [4.78, 5) is 18.6. The minimum atomic E-state index is -0.568. The quantitative estimate of drug-likeness (QED) is 0.715. The Morgan fingerprint density at radius 1 is 1.05 bits per heavy atom. The molecule has 1 aromatic heterocycles. The molecule has 0 spiro atoms. The summed E-state index contributed by atoms with van der Waals surface area (Å²) >= 11 is 0. The van der Waals surface area contributed by atoms with Gasteiger partial charge in [-0.05, 0) is 30.3 Å². The Morgan fingerprint density at radius 3 is 2.59 bits per heavy atom. The second-order valence-corrected chi connectivity index (χ2v) is 4.99. The average molecular weight is 298 g/mol. The first-order valence-corrected chi connectivity index (χ1v) is 6.48. The average Bonchev–Trinajstić information content (AvgIpc) is 2.93. The largest absolute Gasteiger partial charge is 0.494 e. The van der Waals surface area contributed by atoms with Crippen LogP contribution in [0.2, 0.25) is 0 Å². The number of carbonyl (C=O) groups is 1. The minimum Gasteiger partial charge on any atom is -0.494 e. The summed E-state index contributed by atoms with van der Waals surface area (Å²) in [5.74, 6) is -1.78. The predicted octanol–water partition coefficient (Wildman–Crippen LogP) is 1.51. The van der Waals surface area contributed by atoms with Crippen molar-refractivity contribution in [3.63, 3.8) is 0 Å². The van der Waals surface area contributed by atoms with Crippen LogP contribution in [0.25, 0.3) is 16.5 Å². The molecule has 4 rings (SSSR count). The van der Waals surface area contributed by atoms with Gasteiger partial charge in [0.05, 0.1) is 22.0 Å². The molecule has 0 unspecified atom stereocenters. The molecule has 108 valence electrons. The van der Waals surface area contributed by atoms with Crippen molar-refractivity contribution in [2.75, 3.05) is 0 Å². The van der Waals surface area contributed by atoms with Gasteiger partial charge in [-0.25, -0.2) is 13.8 Å². The van der Waals surface area contributed by atoms with Crippen LogP contribution in [0.4, 0.5) is 8.78 Å². The van der Waals surface area contributed by atoms with Crippen molar-refractivity contribution in [3.8, 4) is 5.88 Å². The first-order chi connectivity index (χ1) is 10.5. The number of rotatable bonds is 1. The lowest BCUT2D eigenvalue weighted by Gasteiger charge is -2.00. The number of H-pyrrole nitrogens is 1. The summed E-state index contributed by atoms with van der Waals surface area (Å²) < 4.78 is 26.5. The zero-order valence-corrected chi connectivity index (χ0v) is 11.0. The van der Waals surface area contributed by atoms with E-state index < -0.39 is 17.5 Å². The molecule has 0 fully saturated rings. The summed E-state index contributed by atoms with van der Waals surface area (Å²) in [5.41, 5.74) is 0.780. The lowest BCUT2D eigenvalue weighted by molar-refractivity contribution is -0.112. The Bertz CT molecular complexity index is 1080. The number of aromatic amines is 1. The van der Waals surface area contributed by atoms with E-state index >= 15 is 0 Å². The van der Waals surface area contributed by atoms with E-state index in [1.54, 1.807) is 0 Å². The van der Waals surface area contributed by atoms with Crippen molar-refractivity contribution in [3.05, 3.63) is 64.2 Å². The Morgan fingerprint density at radius 2 is 1.77 bits per heavy atom. The normalized spacial score (nSPS) is 13.5. The van der Waals surface area contributed by atoms with E-state index in [1.165, 1.54) is 30.3 Å². The molecule has 2 N–H and O–H groups in total. The van der Waals surface area contributed by atoms with Crippen molar-refractivity contribution >= 4 is 22.4 Å². The molecule has 2 heterocycles. The molecule has 0 bridgehead atoms. The topological polar surface area (TPSA) is 65.4 Å². The highest BCUT2D eigenvalue weighted by Gasteiger charge is 2.25. The summed E-state index contributed by atoms with van der Waals surface area (Å²) in [6.07, 6.45) is 0. The van der Waals surface area contributed by atoms with E-state index in [2.05, 4.69) is 9.98 Å². The SMILES string of the molecule is O=C1N=c2cc(F)ccc2=C1c1c(O)[nH]c2cc(F)ccc12. The van der Waals surface area contributed by atoms with E-state index in [0.29, 0.717) is 16.1 Å². The molecule has 1 amide bonds. The highest BCUT2D eigenvalue weighted by Crippen LogP contribution is 2.33. The molecule has 0 saturated heterocycles. The van der Waals surface area contributed by atoms with E-state index in [-0.39, 0.29) is 22.4 Å². The monoisotopic (exact) mass is 298 g/mol. The van der Waals surface area contributed by atoms with Gasteiger partial charge in [-0.3, -0.25) is 4.79 Å². The Labute approximate surface area is 122 Å². The lowest BCUT2D eigenvalue weighted by atomic mass is 10.0. The number of nitrogens with one attached hydrogen (secondary N) is 1. The molecule has 0 atom stereocenters. The predicted molar refractivity (Wildman–Crippen MR) is 74.6 cm³/mol. The van der Waals surface area contributed by atoms with Crippen LogP contribution in [-0.2, 0) is 4.79 Å². The molecular weight excluding hydrogens is 290 g/mol. The van der Waals surface area contributed by atoms with E-state index in [0.717, 1.165) is 6.07 Å². The number of hydrogen-bond acceptors (Lipinski definition) is 2. The number of carbonyl (C=O) groups excluding carboxylic acids is 1. The third-order valence-corrected chi connectivity index (χ3v) is 3.66. The smallest absolute Gasteiger partial charge is 0.279 e. The van der Waals surface area contributed by atoms with Crippen LogP contribution in [-0.4, -0.2) is 16.0 Å². The Hall–Kier alpha value is -3.02. The minimum absolute atomic E-state index is 0.172. The summed E-state index contributed by atoms with van der Waals surface area (Å²) in [6.45, 7) is 0. The second-order valence-electron chi connectivity index (χ2n) is 4.99. The number of hydrogen-bond donors (Lipinski definition) is 2. The molecule has 6 heteroatoms. The van der Waals surface area contributed by atoms with Crippen LogP contribution in [0.15, 0.2) is 41.4 Å². The fourth-order valence-corrected chi connectivity index (χ4v) is 2.74. The number of benzene rings is 2. The van der Waals surface area contributed by atoms with Crippen LogP contribution < -0.4 is 10.6 Å². The van der Waals surface area contributed by atoms with Gasteiger partial charge >= 0.3 is 0 Å². The third-order valence-electron chi connectivity index (χ3n) is 3.66. The Balaban J connectivity index is 2.14. The van der Waals surface area contributed by atoms with Crippen molar-refractivity contribution in [1.29, 1.82) is 0 Å². The maximum Gasteiger partial charge on any atom is 0.279 e. The van der Waals surface area contributed by atoms with Crippen LogP contribution in [0.1, 0.15) is 5.56 Å². The van der Waals surface area contributed by atoms with Gasteiger partial charge in [-0.2, -0.15) is 0 Å². The molecule has 22 heavy (non-hydrogen) atoms. The number of aromatic hydroxyl groups is 1. The molecular formula is C16H8F2N2O2. The summed E-state index contributed by atoms with van der Waals surface area (Å²) in [6, 6.07) is 7.75. The van der Waals surface area contributed by atoms with Gasteiger partial charge < -0.3 is 10.1 Å². The highest BCUT2D eigenvalue weighted by atomic mass is 19.1.